The van der Waals surface area contributed by atoms with Crippen molar-refractivity contribution < 1.29 is 37.2 Å². The Balaban J connectivity index is 0.00000144. The fourth-order valence-electron chi connectivity index (χ4n) is 1.00. The van der Waals surface area contributed by atoms with Crippen LogP contribution in [0.4, 0.5) is 0 Å². The first-order valence-electron chi connectivity index (χ1n) is 3.48. The molecule has 0 atom stereocenters. The number of rotatable bonds is 4. The van der Waals surface area contributed by atoms with E-state index in [1.54, 1.807) is 0 Å². The minimum Gasteiger partial charge on any atom is -0.540 e. The quantitative estimate of drug-likeness (QED) is 0.454. The van der Waals surface area contributed by atoms with Crippen LogP contribution in [0.15, 0.2) is 16.9 Å². The Morgan fingerprint density at radius 3 is 2.08 bits per heavy atom. The minimum atomic E-state index is -2.00. The number of oxazole rings is 1. The van der Waals surface area contributed by atoms with Gasteiger partial charge >= 0.3 is 25.6 Å². The molecule has 0 aliphatic rings. The van der Waals surface area contributed by atoms with E-state index in [1.807, 2.05) is 0 Å². The summed E-state index contributed by atoms with van der Waals surface area (Å²) in [7, 11) is 4.41. The first-order valence-corrected chi connectivity index (χ1v) is 3.48. The van der Waals surface area contributed by atoms with Gasteiger partial charge in [-0.05, 0) is 21.3 Å². The molecular weight excluding hydrogens is 168 g/mol. The summed E-state index contributed by atoms with van der Waals surface area (Å²) in [6.07, 6.45) is 2.94. The number of aromatic nitrogens is 1. The molecule has 0 radical (unpaired) electrons. The van der Waals surface area contributed by atoms with E-state index >= 15 is 0 Å². The molecule has 0 N–H and O–H groups in total. The van der Waals surface area contributed by atoms with Crippen LogP contribution in [-0.2, 0) is 14.0 Å². The molecule has 0 bridgehead atoms. The zero-order valence-electron chi connectivity index (χ0n) is 8.31. The SMILES string of the molecule is CO[B-](OC)(OC)c1ncco1.[Li+]. The zero-order valence-corrected chi connectivity index (χ0v) is 8.31. The number of nitrogens with zero attached hydrogens (tertiary/aromatic N) is 1. The predicted molar refractivity (Wildman–Crippen MR) is 42.9 cm³/mol. The summed E-state index contributed by atoms with van der Waals surface area (Å²) in [5, 5.41) is 0. The number of hydrogen-bond acceptors (Lipinski definition) is 5. The molecule has 68 valence electrons. The third kappa shape index (κ3) is 2.36. The van der Waals surface area contributed by atoms with E-state index in [9.17, 15) is 0 Å². The summed E-state index contributed by atoms with van der Waals surface area (Å²) in [6, 6.07) is 0. The van der Waals surface area contributed by atoms with Crippen molar-refractivity contribution >= 4 is 12.5 Å². The second-order valence-electron chi connectivity index (χ2n) is 2.22. The van der Waals surface area contributed by atoms with Gasteiger partial charge in [-0.15, -0.1) is 0 Å². The van der Waals surface area contributed by atoms with Gasteiger partial charge in [0, 0.05) is 0 Å². The maximum absolute atomic E-state index is 5.04. The maximum Gasteiger partial charge on any atom is 1.00 e. The summed E-state index contributed by atoms with van der Waals surface area (Å²) >= 11 is 0. The zero-order chi connectivity index (χ0) is 9.03. The molecule has 7 heteroatoms. The van der Waals surface area contributed by atoms with Crippen molar-refractivity contribution in [3.05, 3.63) is 12.5 Å². The van der Waals surface area contributed by atoms with Gasteiger partial charge in [-0.1, -0.05) is 0 Å². The molecule has 0 saturated carbocycles. The molecule has 1 aromatic heterocycles. The van der Waals surface area contributed by atoms with Gasteiger partial charge in [0.25, 0.3) is 0 Å². The van der Waals surface area contributed by atoms with Gasteiger partial charge in [0.05, 0.1) is 6.20 Å². The first kappa shape index (κ1) is 12.8. The van der Waals surface area contributed by atoms with Crippen LogP contribution in [0.5, 0.6) is 0 Å². The van der Waals surface area contributed by atoms with E-state index < -0.39 is 6.75 Å². The fraction of sp³-hybridized carbons (Fsp3) is 0.500. The van der Waals surface area contributed by atoms with E-state index in [2.05, 4.69) is 4.98 Å². The maximum atomic E-state index is 5.04. The van der Waals surface area contributed by atoms with Crippen molar-refractivity contribution in [3.8, 4) is 0 Å². The minimum absolute atomic E-state index is 0. The molecule has 1 heterocycles. The van der Waals surface area contributed by atoms with Gasteiger partial charge in [0.1, 0.15) is 12.1 Å². The Morgan fingerprint density at radius 2 is 1.77 bits per heavy atom. The standard InChI is InChI=1S/C6H11BNO4.Li/c1-9-7(10-2,11-3)6-8-4-5-12-6;/h4-5H,1-3H3;/q-1;+1. The van der Waals surface area contributed by atoms with Crippen LogP contribution in [0, 0.1) is 0 Å². The van der Waals surface area contributed by atoms with Gasteiger partial charge < -0.3 is 18.4 Å². The third-order valence-electron chi connectivity index (χ3n) is 1.68. The average Bonchev–Trinajstić information content (AvgIpc) is 2.62. The summed E-state index contributed by atoms with van der Waals surface area (Å²) in [5.74, 6) is 0.294. The summed E-state index contributed by atoms with van der Waals surface area (Å²) < 4.78 is 20.1. The van der Waals surface area contributed by atoms with Crippen molar-refractivity contribution in [2.75, 3.05) is 21.3 Å². The van der Waals surface area contributed by atoms with E-state index in [-0.39, 0.29) is 18.9 Å². The molecule has 0 aliphatic carbocycles. The second kappa shape index (κ2) is 5.48. The molecule has 1 rings (SSSR count). The summed E-state index contributed by atoms with van der Waals surface area (Å²) in [6.45, 7) is -2.00. The van der Waals surface area contributed by atoms with E-state index in [0.29, 0.717) is 5.79 Å². The van der Waals surface area contributed by atoms with Crippen LogP contribution in [0.3, 0.4) is 0 Å². The molecule has 0 aliphatic heterocycles. The van der Waals surface area contributed by atoms with Crippen LogP contribution in [0.1, 0.15) is 0 Å². The van der Waals surface area contributed by atoms with Crippen molar-refractivity contribution in [2.45, 2.75) is 0 Å². The fourth-order valence-corrected chi connectivity index (χ4v) is 1.00. The van der Waals surface area contributed by atoms with E-state index in [1.165, 1.54) is 33.8 Å². The van der Waals surface area contributed by atoms with Crippen molar-refractivity contribution in [1.82, 2.24) is 4.98 Å². The Kier molecular flexibility index (Phi) is 5.37. The van der Waals surface area contributed by atoms with Gasteiger partial charge in [0.15, 0.2) is 0 Å². The molecule has 0 saturated heterocycles. The Bertz CT molecular complexity index is 218. The van der Waals surface area contributed by atoms with Crippen LogP contribution in [0.2, 0.25) is 0 Å². The van der Waals surface area contributed by atoms with Gasteiger partial charge in [0.2, 0.25) is 0 Å². The number of hydrogen-bond donors (Lipinski definition) is 0. The van der Waals surface area contributed by atoms with Crippen LogP contribution >= 0.6 is 0 Å². The average molecular weight is 179 g/mol. The molecule has 0 aromatic carbocycles. The molecular formula is C6H11BLiNO4. The summed E-state index contributed by atoms with van der Waals surface area (Å²) in [4.78, 5) is 3.89. The normalized spacial score (nSPS) is 11.0. The molecule has 0 fully saturated rings. The van der Waals surface area contributed by atoms with Gasteiger partial charge in [-0.3, -0.25) is 4.98 Å². The van der Waals surface area contributed by atoms with Crippen molar-refractivity contribution in [2.24, 2.45) is 0 Å². The topological polar surface area (TPSA) is 53.7 Å². The van der Waals surface area contributed by atoms with E-state index in [0.717, 1.165) is 0 Å². The predicted octanol–water partition coefficient (Wildman–Crippen LogP) is -3.24. The molecule has 5 nitrogen and oxygen atoms in total. The Morgan fingerprint density at radius 1 is 1.23 bits per heavy atom. The van der Waals surface area contributed by atoms with Crippen molar-refractivity contribution in [1.29, 1.82) is 0 Å². The smallest absolute Gasteiger partial charge is 0.540 e. The monoisotopic (exact) mass is 179 g/mol. The summed E-state index contributed by atoms with van der Waals surface area (Å²) in [5.41, 5.74) is 0. The van der Waals surface area contributed by atoms with Crippen molar-refractivity contribution in [3.63, 3.8) is 0 Å². The molecule has 0 amide bonds. The van der Waals surface area contributed by atoms with E-state index in [4.69, 9.17) is 18.4 Å². The first-order chi connectivity index (χ1) is 5.79. The molecule has 13 heavy (non-hydrogen) atoms. The third-order valence-corrected chi connectivity index (χ3v) is 1.68. The van der Waals surface area contributed by atoms with Gasteiger partial charge in [-0.25, -0.2) is 0 Å². The van der Waals surface area contributed by atoms with Crippen LogP contribution in [-0.4, -0.2) is 33.1 Å². The Labute approximate surface area is 88.9 Å². The molecule has 1 aromatic rings. The largest absolute Gasteiger partial charge is 1.00 e. The Hall–Kier alpha value is -0.248. The molecule has 0 unspecified atom stereocenters. The molecule has 0 spiro atoms. The second-order valence-corrected chi connectivity index (χ2v) is 2.22. The van der Waals surface area contributed by atoms with Crippen LogP contribution in [0.25, 0.3) is 0 Å². The van der Waals surface area contributed by atoms with Gasteiger partial charge in [-0.2, -0.15) is 0 Å². The van der Waals surface area contributed by atoms with Crippen LogP contribution < -0.4 is 24.7 Å².